The largest absolute Gasteiger partial charge is 0.505 e. The van der Waals surface area contributed by atoms with Crippen LogP contribution in [0.5, 0.6) is 5.75 Å². The number of phenols is 1. The monoisotopic (exact) mass is 439 g/mol. The van der Waals surface area contributed by atoms with Gasteiger partial charge in [0.1, 0.15) is 11.0 Å². The Kier molecular flexibility index (Phi) is 4.86. The molecule has 0 spiro atoms. The average molecular weight is 440 g/mol. The Morgan fingerprint density at radius 2 is 1.83 bits per heavy atom. The van der Waals surface area contributed by atoms with Crippen molar-refractivity contribution in [2.24, 2.45) is 0 Å². The zero-order chi connectivity index (χ0) is 21.5. The van der Waals surface area contributed by atoms with E-state index in [1.165, 1.54) is 18.2 Å². The van der Waals surface area contributed by atoms with Crippen molar-refractivity contribution in [2.45, 2.75) is 11.4 Å². The summed E-state index contributed by atoms with van der Waals surface area (Å²) in [6.45, 7) is 0.179. The Labute approximate surface area is 177 Å². The molecule has 150 valence electrons. The molecule has 0 radical (unpaired) electrons. The van der Waals surface area contributed by atoms with Crippen LogP contribution in [0.2, 0.25) is 5.02 Å². The first kappa shape index (κ1) is 19.8. The first-order chi connectivity index (χ1) is 14.3. The van der Waals surface area contributed by atoms with E-state index < -0.39 is 26.6 Å². The lowest BCUT2D eigenvalue weighted by Gasteiger charge is -2.14. The zero-order valence-electron chi connectivity index (χ0n) is 15.3. The van der Waals surface area contributed by atoms with E-state index in [0.717, 1.165) is 17.2 Å². The molecule has 1 aliphatic heterocycles. The lowest BCUT2D eigenvalue weighted by atomic mass is 9.98. The highest BCUT2D eigenvalue weighted by atomic mass is 35.5. The molecule has 3 aromatic rings. The number of aromatic hydroxyl groups is 1. The highest BCUT2D eigenvalue weighted by molar-refractivity contribution is 7.92. The number of fused-ring (bicyclic) bond motifs is 6. The van der Waals surface area contributed by atoms with Crippen LogP contribution in [-0.2, 0) is 16.6 Å². The maximum atomic E-state index is 13.0. The molecule has 1 heterocycles. The van der Waals surface area contributed by atoms with Crippen LogP contribution in [0.25, 0.3) is 11.1 Å². The molecule has 4 rings (SSSR count). The number of hydrogen-bond acceptors (Lipinski definition) is 5. The van der Waals surface area contributed by atoms with E-state index in [4.69, 9.17) is 11.6 Å². The van der Waals surface area contributed by atoms with E-state index in [2.05, 4.69) is 10.0 Å². The summed E-state index contributed by atoms with van der Waals surface area (Å²) in [7, 11) is -4.36. The molecule has 4 bridgehead atoms. The quantitative estimate of drug-likeness (QED) is 0.494. The van der Waals surface area contributed by atoms with Crippen LogP contribution in [0, 0.1) is 11.3 Å². The van der Waals surface area contributed by atoms with E-state index in [9.17, 15) is 23.6 Å². The van der Waals surface area contributed by atoms with Crippen molar-refractivity contribution in [3.05, 3.63) is 76.3 Å². The molecule has 0 saturated heterocycles. The van der Waals surface area contributed by atoms with Gasteiger partial charge in [-0.2, -0.15) is 5.26 Å². The number of nitrogens with one attached hydrogen (secondary N) is 2. The van der Waals surface area contributed by atoms with Gasteiger partial charge in [0.2, 0.25) is 0 Å². The molecule has 3 aromatic carbocycles. The van der Waals surface area contributed by atoms with Gasteiger partial charge >= 0.3 is 0 Å². The second-order valence-electron chi connectivity index (χ2n) is 6.62. The van der Waals surface area contributed by atoms with Gasteiger partial charge in [0.05, 0.1) is 16.3 Å². The van der Waals surface area contributed by atoms with Crippen molar-refractivity contribution in [3.8, 4) is 22.9 Å². The van der Waals surface area contributed by atoms with Gasteiger partial charge in [-0.25, -0.2) is 8.42 Å². The summed E-state index contributed by atoms with van der Waals surface area (Å²) in [5.41, 5.74) is 2.35. The summed E-state index contributed by atoms with van der Waals surface area (Å²) in [4.78, 5) is 12.1. The van der Waals surface area contributed by atoms with Crippen molar-refractivity contribution in [3.63, 3.8) is 0 Å². The van der Waals surface area contributed by atoms with Gasteiger partial charge in [0.25, 0.3) is 15.9 Å². The fourth-order valence-corrected chi connectivity index (χ4v) is 4.73. The topological polar surface area (TPSA) is 119 Å². The normalized spacial score (nSPS) is 14.6. The standard InChI is InChI=1S/C21H14ClN3O4S/c22-17-7-15-9-19(20(17)26)30(28,29)25-18-8-12(5-6-13(18)10-23)16-4-2-1-3-14(16)11-24-21(15)27/h1-9,25-26H,11H2,(H,24,27). The van der Waals surface area contributed by atoms with Crippen LogP contribution in [0.15, 0.2) is 59.5 Å². The predicted molar refractivity (Wildman–Crippen MR) is 112 cm³/mol. The molecular formula is C21H14ClN3O4S. The molecule has 1 aliphatic rings. The number of halogens is 1. The summed E-state index contributed by atoms with van der Waals surface area (Å²) in [6.07, 6.45) is 0. The number of sulfonamides is 1. The number of carbonyl (C=O) groups excluding carboxylic acids is 1. The number of nitriles is 1. The van der Waals surface area contributed by atoms with E-state index in [-0.39, 0.29) is 28.4 Å². The van der Waals surface area contributed by atoms with Crippen molar-refractivity contribution < 1.29 is 18.3 Å². The number of rotatable bonds is 0. The third kappa shape index (κ3) is 3.45. The first-order valence-electron chi connectivity index (χ1n) is 8.76. The molecule has 9 heteroatoms. The van der Waals surface area contributed by atoms with Crippen molar-refractivity contribution in [2.75, 3.05) is 4.72 Å². The van der Waals surface area contributed by atoms with Gasteiger partial charge < -0.3 is 10.4 Å². The molecule has 0 saturated carbocycles. The Morgan fingerprint density at radius 3 is 2.60 bits per heavy atom. The fraction of sp³-hybridized carbons (Fsp3) is 0.0476. The number of carbonyl (C=O) groups is 1. The highest BCUT2D eigenvalue weighted by Crippen LogP contribution is 2.35. The van der Waals surface area contributed by atoms with Gasteiger partial charge in [-0.1, -0.05) is 41.9 Å². The van der Waals surface area contributed by atoms with E-state index in [1.807, 2.05) is 30.3 Å². The SMILES string of the molecule is N#Cc1ccc2cc1NS(=O)(=O)c1cc(cc(Cl)c1O)C(=O)NCc1ccccc1-2. The van der Waals surface area contributed by atoms with Crippen molar-refractivity contribution in [1.82, 2.24) is 5.32 Å². The summed E-state index contributed by atoms with van der Waals surface area (Å²) in [5, 5.41) is 22.1. The highest BCUT2D eigenvalue weighted by Gasteiger charge is 2.25. The van der Waals surface area contributed by atoms with Gasteiger partial charge in [0, 0.05) is 12.1 Å². The number of hydrogen-bond donors (Lipinski definition) is 3. The third-order valence-electron chi connectivity index (χ3n) is 4.73. The molecule has 0 aliphatic carbocycles. The predicted octanol–water partition coefficient (Wildman–Crippen LogP) is 3.63. The van der Waals surface area contributed by atoms with Crippen LogP contribution >= 0.6 is 11.6 Å². The average Bonchev–Trinajstić information content (AvgIpc) is 2.73. The summed E-state index contributed by atoms with van der Waals surface area (Å²) < 4.78 is 28.3. The number of phenolic OH excluding ortho intramolecular Hbond substituents is 1. The Balaban J connectivity index is 2.01. The van der Waals surface area contributed by atoms with Crippen LogP contribution < -0.4 is 10.0 Å². The van der Waals surface area contributed by atoms with Gasteiger partial charge in [0.15, 0.2) is 5.75 Å². The van der Waals surface area contributed by atoms with Crippen LogP contribution in [0.4, 0.5) is 5.69 Å². The Morgan fingerprint density at radius 1 is 1.07 bits per heavy atom. The first-order valence-corrected chi connectivity index (χ1v) is 10.6. The van der Waals surface area contributed by atoms with Gasteiger partial charge in [-0.05, 0) is 41.0 Å². The van der Waals surface area contributed by atoms with Crippen LogP contribution in [0.3, 0.4) is 0 Å². The summed E-state index contributed by atoms with van der Waals surface area (Å²) in [6, 6.07) is 16.3. The Bertz CT molecular complexity index is 1350. The molecule has 0 fully saturated rings. The van der Waals surface area contributed by atoms with Crippen molar-refractivity contribution >= 4 is 33.2 Å². The molecule has 30 heavy (non-hydrogen) atoms. The molecule has 0 atom stereocenters. The number of nitrogens with zero attached hydrogens (tertiary/aromatic N) is 1. The minimum Gasteiger partial charge on any atom is -0.505 e. The van der Waals surface area contributed by atoms with Gasteiger partial charge in [-0.15, -0.1) is 0 Å². The molecule has 0 aromatic heterocycles. The van der Waals surface area contributed by atoms with Crippen molar-refractivity contribution in [1.29, 1.82) is 5.26 Å². The van der Waals surface area contributed by atoms with E-state index in [0.29, 0.717) is 5.56 Å². The summed E-state index contributed by atoms with van der Waals surface area (Å²) >= 11 is 5.98. The molecule has 0 unspecified atom stereocenters. The lowest BCUT2D eigenvalue weighted by molar-refractivity contribution is 0.0950. The molecular weight excluding hydrogens is 426 g/mol. The van der Waals surface area contributed by atoms with Crippen LogP contribution in [0.1, 0.15) is 21.5 Å². The van der Waals surface area contributed by atoms with Crippen LogP contribution in [-0.4, -0.2) is 19.4 Å². The maximum Gasteiger partial charge on any atom is 0.265 e. The number of amides is 1. The number of benzene rings is 3. The van der Waals surface area contributed by atoms with E-state index >= 15 is 0 Å². The minimum absolute atomic E-state index is 0.0258. The second-order valence-corrected chi connectivity index (χ2v) is 8.68. The molecule has 3 N–H and O–H groups in total. The summed E-state index contributed by atoms with van der Waals surface area (Å²) in [5.74, 6) is -1.24. The second kappa shape index (κ2) is 7.37. The van der Waals surface area contributed by atoms with Gasteiger partial charge in [-0.3, -0.25) is 9.52 Å². The lowest BCUT2D eigenvalue weighted by Crippen LogP contribution is -2.23. The maximum absolute atomic E-state index is 13.0. The molecule has 1 amide bonds. The minimum atomic E-state index is -4.36. The number of anilines is 1. The smallest absolute Gasteiger partial charge is 0.265 e. The fourth-order valence-electron chi connectivity index (χ4n) is 3.24. The zero-order valence-corrected chi connectivity index (χ0v) is 16.9. The Hall–Kier alpha value is -3.54. The third-order valence-corrected chi connectivity index (χ3v) is 6.40. The molecule has 7 nitrogen and oxygen atoms in total. The van der Waals surface area contributed by atoms with E-state index in [1.54, 1.807) is 6.07 Å².